The minimum absolute atomic E-state index is 0.193. The van der Waals surface area contributed by atoms with Crippen LogP contribution in [0.5, 0.6) is 0 Å². The Morgan fingerprint density at radius 3 is 2.89 bits per heavy atom. The molecule has 3 N–H and O–H groups in total. The highest BCUT2D eigenvalue weighted by molar-refractivity contribution is 5.94. The van der Waals surface area contributed by atoms with E-state index in [2.05, 4.69) is 20.7 Å². The topological polar surface area (TPSA) is 98.7 Å². The highest BCUT2D eigenvalue weighted by atomic mass is 16.2. The molecule has 2 rings (SSSR count). The summed E-state index contributed by atoms with van der Waals surface area (Å²) in [7, 11) is 1.63. The van der Waals surface area contributed by atoms with Crippen molar-refractivity contribution in [3.63, 3.8) is 0 Å². The average molecular weight is 246 g/mol. The number of benzene rings is 1. The Kier molecular flexibility index (Phi) is 3.22. The van der Waals surface area contributed by atoms with Crippen molar-refractivity contribution in [2.45, 2.75) is 12.8 Å². The first-order valence-electron chi connectivity index (χ1n) is 5.46. The van der Waals surface area contributed by atoms with Crippen LogP contribution in [0.4, 0.5) is 11.6 Å². The molecule has 1 unspecified atom stereocenters. The minimum Gasteiger partial charge on any atom is -0.399 e. The average Bonchev–Trinajstić information content (AvgIpc) is 2.73. The van der Waals surface area contributed by atoms with Gasteiger partial charge in [-0.2, -0.15) is 4.80 Å². The molecule has 18 heavy (non-hydrogen) atoms. The molecule has 0 bridgehead atoms. The van der Waals surface area contributed by atoms with Crippen LogP contribution in [0.2, 0.25) is 0 Å². The van der Waals surface area contributed by atoms with Crippen LogP contribution in [0, 0.1) is 0 Å². The Hall–Kier alpha value is -2.44. The van der Waals surface area contributed by atoms with E-state index in [1.54, 1.807) is 26.1 Å². The molecule has 0 aliphatic heterocycles. The van der Waals surface area contributed by atoms with Crippen molar-refractivity contribution in [1.29, 1.82) is 0 Å². The largest absolute Gasteiger partial charge is 0.399 e. The molecule has 2 aromatic rings. The number of aryl methyl sites for hydroxylation is 1. The first kappa shape index (κ1) is 12.0. The van der Waals surface area contributed by atoms with Crippen LogP contribution < -0.4 is 11.1 Å². The summed E-state index contributed by atoms with van der Waals surface area (Å²) in [6.07, 6.45) is 0. The number of amides is 1. The summed E-state index contributed by atoms with van der Waals surface area (Å²) in [6.45, 7) is 1.79. The molecule has 0 aliphatic rings. The summed E-state index contributed by atoms with van der Waals surface area (Å²) in [4.78, 5) is 13.2. The predicted octanol–water partition coefficient (Wildman–Crippen LogP) is 0.534. The molecule has 0 aliphatic carbocycles. The first-order chi connectivity index (χ1) is 8.56. The van der Waals surface area contributed by atoms with Gasteiger partial charge in [-0.1, -0.05) is 17.2 Å². The smallest absolute Gasteiger partial charge is 0.270 e. The van der Waals surface area contributed by atoms with Gasteiger partial charge < -0.3 is 5.73 Å². The number of aromatic nitrogens is 4. The third-order valence-corrected chi connectivity index (χ3v) is 2.55. The summed E-state index contributed by atoms with van der Waals surface area (Å²) in [5, 5.41) is 13.8. The van der Waals surface area contributed by atoms with Crippen LogP contribution in [0.25, 0.3) is 0 Å². The first-order valence-corrected chi connectivity index (χ1v) is 5.46. The SMILES string of the molecule is CC(C(=O)Nc1nnn(C)n1)c1cccc(N)c1. The molecule has 0 saturated heterocycles. The van der Waals surface area contributed by atoms with Crippen molar-refractivity contribution < 1.29 is 4.79 Å². The Morgan fingerprint density at radius 1 is 1.50 bits per heavy atom. The second kappa shape index (κ2) is 4.82. The lowest BCUT2D eigenvalue weighted by molar-refractivity contribution is -0.117. The summed E-state index contributed by atoms with van der Waals surface area (Å²) in [5.74, 6) is -0.343. The summed E-state index contributed by atoms with van der Waals surface area (Å²) >= 11 is 0. The molecule has 1 atom stereocenters. The van der Waals surface area contributed by atoms with Crippen molar-refractivity contribution in [3.05, 3.63) is 29.8 Å². The quantitative estimate of drug-likeness (QED) is 0.770. The van der Waals surface area contributed by atoms with Crippen LogP contribution in [-0.2, 0) is 11.8 Å². The van der Waals surface area contributed by atoms with Gasteiger partial charge in [0.2, 0.25) is 5.91 Å². The zero-order valence-electron chi connectivity index (χ0n) is 10.2. The molecular weight excluding hydrogens is 232 g/mol. The van der Waals surface area contributed by atoms with E-state index in [1.807, 2.05) is 12.1 Å². The van der Waals surface area contributed by atoms with Crippen LogP contribution in [0.3, 0.4) is 0 Å². The number of rotatable bonds is 3. The fraction of sp³-hybridized carbons (Fsp3) is 0.273. The van der Waals surface area contributed by atoms with E-state index in [0.717, 1.165) is 5.56 Å². The predicted molar refractivity (Wildman–Crippen MR) is 66.7 cm³/mol. The van der Waals surface area contributed by atoms with Gasteiger partial charge in [-0.25, -0.2) is 0 Å². The van der Waals surface area contributed by atoms with Gasteiger partial charge in [0, 0.05) is 5.69 Å². The Labute approximate surface area is 104 Å². The third-order valence-electron chi connectivity index (χ3n) is 2.55. The fourth-order valence-corrected chi connectivity index (χ4v) is 1.53. The van der Waals surface area contributed by atoms with E-state index in [9.17, 15) is 4.79 Å². The Balaban J connectivity index is 2.09. The van der Waals surface area contributed by atoms with Crippen molar-refractivity contribution in [3.8, 4) is 0 Å². The summed E-state index contributed by atoms with van der Waals surface area (Å²) in [5.41, 5.74) is 7.16. The van der Waals surface area contributed by atoms with Gasteiger partial charge in [-0.05, 0) is 29.8 Å². The normalized spacial score (nSPS) is 12.1. The molecule has 0 spiro atoms. The number of hydrogen-bond acceptors (Lipinski definition) is 5. The van der Waals surface area contributed by atoms with E-state index in [0.29, 0.717) is 5.69 Å². The number of nitrogens with two attached hydrogens (primary N) is 1. The van der Waals surface area contributed by atoms with Crippen molar-refractivity contribution in [2.75, 3.05) is 11.1 Å². The number of nitrogen functional groups attached to an aromatic ring is 1. The molecule has 7 nitrogen and oxygen atoms in total. The van der Waals surface area contributed by atoms with Crippen molar-refractivity contribution in [2.24, 2.45) is 7.05 Å². The zero-order chi connectivity index (χ0) is 13.1. The molecule has 94 valence electrons. The molecule has 1 heterocycles. The lowest BCUT2D eigenvalue weighted by Gasteiger charge is -2.10. The highest BCUT2D eigenvalue weighted by Crippen LogP contribution is 2.18. The number of tetrazole rings is 1. The van der Waals surface area contributed by atoms with E-state index < -0.39 is 0 Å². The van der Waals surface area contributed by atoms with Gasteiger partial charge in [-0.3, -0.25) is 10.1 Å². The second-order valence-electron chi connectivity index (χ2n) is 3.98. The third kappa shape index (κ3) is 2.62. The number of carbonyl (C=O) groups excluding carboxylic acids is 1. The van der Waals surface area contributed by atoms with Gasteiger partial charge in [-0.15, -0.1) is 5.10 Å². The van der Waals surface area contributed by atoms with E-state index in [4.69, 9.17) is 5.73 Å². The van der Waals surface area contributed by atoms with Crippen molar-refractivity contribution in [1.82, 2.24) is 20.2 Å². The van der Waals surface area contributed by atoms with Crippen LogP contribution in [0.15, 0.2) is 24.3 Å². The maximum Gasteiger partial charge on any atom is 0.270 e. The van der Waals surface area contributed by atoms with Crippen LogP contribution in [-0.4, -0.2) is 26.1 Å². The maximum absolute atomic E-state index is 12.0. The van der Waals surface area contributed by atoms with Crippen molar-refractivity contribution >= 4 is 17.5 Å². The molecule has 7 heteroatoms. The molecule has 0 radical (unpaired) electrons. The maximum atomic E-state index is 12.0. The van der Waals surface area contributed by atoms with E-state index >= 15 is 0 Å². The van der Waals surface area contributed by atoms with Gasteiger partial charge >= 0.3 is 0 Å². The number of carbonyl (C=O) groups is 1. The van der Waals surface area contributed by atoms with Gasteiger partial charge in [0.1, 0.15) is 0 Å². The Morgan fingerprint density at radius 2 is 2.28 bits per heavy atom. The Bertz CT molecular complexity index is 564. The minimum atomic E-state index is -0.336. The summed E-state index contributed by atoms with van der Waals surface area (Å²) < 4.78 is 0. The number of hydrogen-bond donors (Lipinski definition) is 2. The molecule has 1 aromatic carbocycles. The lowest BCUT2D eigenvalue weighted by Crippen LogP contribution is -2.19. The molecule has 0 saturated carbocycles. The lowest BCUT2D eigenvalue weighted by atomic mass is 10.00. The highest BCUT2D eigenvalue weighted by Gasteiger charge is 2.17. The number of nitrogens with zero attached hydrogens (tertiary/aromatic N) is 4. The molecule has 0 fully saturated rings. The van der Waals surface area contributed by atoms with Gasteiger partial charge in [0.25, 0.3) is 5.95 Å². The van der Waals surface area contributed by atoms with E-state index in [1.165, 1.54) is 4.80 Å². The van der Waals surface area contributed by atoms with Gasteiger partial charge in [0.05, 0.1) is 13.0 Å². The standard InChI is InChI=1S/C11H14N6O/c1-7(8-4-3-5-9(12)6-8)10(18)13-11-14-16-17(2)15-11/h3-7H,12H2,1-2H3,(H,13,15,18). The number of anilines is 2. The zero-order valence-corrected chi connectivity index (χ0v) is 10.2. The van der Waals surface area contributed by atoms with Crippen LogP contribution >= 0.6 is 0 Å². The molecule has 1 amide bonds. The van der Waals surface area contributed by atoms with Crippen LogP contribution in [0.1, 0.15) is 18.4 Å². The monoisotopic (exact) mass is 246 g/mol. The van der Waals surface area contributed by atoms with E-state index in [-0.39, 0.29) is 17.8 Å². The fourth-order valence-electron chi connectivity index (χ4n) is 1.53. The second-order valence-corrected chi connectivity index (χ2v) is 3.98. The molecule has 1 aromatic heterocycles. The summed E-state index contributed by atoms with van der Waals surface area (Å²) in [6, 6.07) is 7.21. The molecular formula is C11H14N6O. The number of nitrogens with one attached hydrogen (secondary N) is 1. The van der Waals surface area contributed by atoms with Gasteiger partial charge in [0.15, 0.2) is 0 Å².